The quantitative estimate of drug-likeness (QED) is 0.559. The molecule has 0 atom stereocenters. The van der Waals surface area contributed by atoms with E-state index in [1.807, 2.05) is 6.08 Å². The van der Waals surface area contributed by atoms with Gasteiger partial charge in [0.1, 0.15) is 0 Å². The minimum Gasteiger partial charge on any atom is -0.299 e. The van der Waals surface area contributed by atoms with Gasteiger partial charge in [0.05, 0.1) is 0 Å². The van der Waals surface area contributed by atoms with Crippen LogP contribution in [0.2, 0.25) is 0 Å². The van der Waals surface area contributed by atoms with E-state index in [4.69, 9.17) is 0 Å². The third-order valence-corrected chi connectivity index (χ3v) is 2.48. The van der Waals surface area contributed by atoms with Gasteiger partial charge in [0.15, 0.2) is 0 Å². The van der Waals surface area contributed by atoms with E-state index in [9.17, 15) is 0 Å². The van der Waals surface area contributed by atoms with Gasteiger partial charge in [0, 0.05) is 19.6 Å². The molecule has 94 valence electrons. The van der Waals surface area contributed by atoms with Crippen molar-refractivity contribution < 1.29 is 0 Å². The summed E-state index contributed by atoms with van der Waals surface area (Å²) in [6.45, 7) is 18.6. The van der Waals surface area contributed by atoms with E-state index in [2.05, 4.69) is 52.2 Å². The van der Waals surface area contributed by atoms with Gasteiger partial charge >= 0.3 is 0 Å². The van der Waals surface area contributed by atoms with Gasteiger partial charge in [0.25, 0.3) is 0 Å². The van der Waals surface area contributed by atoms with Gasteiger partial charge in [-0.1, -0.05) is 58.9 Å². The van der Waals surface area contributed by atoms with Gasteiger partial charge in [-0.05, 0) is 18.3 Å². The van der Waals surface area contributed by atoms with Gasteiger partial charge < -0.3 is 0 Å². The summed E-state index contributed by atoms with van der Waals surface area (Å²) in [6.07, 6.45) is 5.19. The Kier molecular flexibility index (Phi) is 8.28. The van der Waals surface area contributed by atoms with E-state index in [1.165, 1.54) is 18.7 Å². The van der Waals surface area contributed by atoms with Crippen molar-refractivity contribution in [3.8, 4) is 0 Å². The average molecular weight is 223 g/mol. The van der Waals surface area contributed by atoms with Crippen LogP contribution in [0.3, 0.4) is 0 Å². The summed E-state index contributed by atoms with van der Waals surface area (Å²) in [4.78, 5) is 2.56. The maximum Gasteiger partial charge on any atom is 0.0196 e. The van der Waals surface area contributed by atoms with Crippen LogP contribution in [0, 0.1) is 11.8 Å². The first-order chi connectivity index (χ1) is 7.49. The lowest BCUT2D eigenvalue weighted by Crippen LogP contribution is -2.33. The molecule has 0 aromatic carbocycles. The lowest BCUT2D eigenvalue weighted by atomic mass is 10.1. The van der Waals surface area contributed by atoms with Crippen LogP contribution in [0.4, 0.5) is 0 Å². The Morgan fingerprint density at radius 1 is 1.12 bits per heavy atom. The van der Waals surface area contributed by atoms with Crippen molar-refractivity contribution in [2.75, 3.05) is 19.6 Å². The summed E-state index contributed by atoms with van der Waals surface area (Å²) in [6, 6.07) is 0. The molecule has 0 aromatic heterocycles. The molecule has 0 aliphatic heterocycles. The zero-order chi connectivity index (χ0) is 12.6. The maximum absolute atomic E-state index is 3.78. The lowest BCUT2D eigenvalue weighted by molar-refractivity contribution is 0.235. The zero-order valence-corrected chi connectivity index (χ0v) is 11.8. The average Bonchev–Trinajstić information content (AvgIpc) is 2.14. The number of rotatable bonds is 8. The van der Waals surface area contributed by atoms with Crippen LogP contribution in [0.25, 0.3) is 0 Å². The summed E-state index contributed by atoms with van der Waals surface area (Å²) in [5, 5.41) is 0. The van der Waals surface area contributed by atoms with Crippen LogP contribution >= 0.6 is 0 Å². The topological polar surface area (TPSA) is 3.24 Å². The fraction of sp³-hybridized carbons (Fsp3) is 0.733. The minimum atomic E-state index is 0.737. The summed E-state index contributed by atoms with van der Waals surface area (Å²) in [5.41, 5.74) is 1.48. The first kappa shape index (κ1) is 15.4. The largest absolute Gasteiger partial charge is 0.299 e. The Balaban J connectivity index is 4.38. The minimum absolute atomic E-state index is 0.737. The highest BCUT2D eigenvalue weighted by atomic mass is 15.1. The van der Waals surface area contributed by atoms with E-state index in [1.54, 1.807) is 0 Å². The third-order valence-electron chi connectivity index (χ3n) is 2.48. The molecule has 0 bridgehead atoms. The van der Waals surface area contributed by atoms with Crippen molar-refractivity contribution in [3.63, 3.8) is 0 Å². The van der Waals surface area contributed by atoms with Crippen LogP contribution in [-0.4, -0.2) is 24.5 Å². The van der Waals surface area contributed by atoms with E-state index in [-0.39, 0.29) is 0 Å². The molecule has 0 saturated heterocycles. The highest BCUT2D eigenvalue weighted by Gasteiger charge is 2.10. The predicted molar refractivity (Wildman–Crippen MR) is 74.7 cm³/mol. The molecule has 0 fully saturated rings. The van der Waals surface area contributed by atoms with Gasteiger partial charge in [-0.3, -0.25) is 4.90 Å². The molecule has 0 radical (unpaired) electrons. The Bertz CT molecular complexity index is 203. The molecule has 0 saturated carbocycles. The SMILES string of the molecule is C=C/C=C(\CC)CN(CC(C)C)CC(C)C. The molecule has 0 aliphatic rings. The number of allylic oxidation sites excluding steroid dienone is 2. The van der Waals surface area contributed by atoms with Gasteiger partial charge in [-0.15, -0.1) is 0 Å². The zero-order valence-electron chi connectivity index (χ0n) is 11.8. The second-order valence-electron chi connectivity index (χ2n) is 5.40. The summed E-state index contributed by atoms with van der Waals surface area (Å²) in [7, 11) is 0. The van der Waals surface area contributed by atoms with Gasteiger partial charge in [-0.25, -0.2) is 0 Å². The van der Waals surface area contributed by atoms with Crippen LogP contribution in [0.5, 0.6) is 0 Å². The molecular weight excluding hydrogens is 194 g/mol. The van der Waals surface area contributed by atoms with Gasteiger partial charge in [-0.2, -0.15) is 0 Å². The Hall–Kier alpha value is -0.560. The molecular formula is C15H29N. The summed E-state index contributed by atoms with van der Waals surface area (Å²) in [5.74, 6) is 1.47. The summed E-state index contributed by atoms with van der Waals surface area (Å²) < 4.78 is 0. The van der Waals surface area contributed by atoms with Gasteiger partial charge in [0.2, 0.25) is 0 Å². The first-order valence-electron chi connectivity index (χ1n) is 6.52. The number of nitrogens with zero attached hydrogens (tertiary/aromatic N) is 1. The van der Waals surface area contributed by atoms with Crippen molar-refractivity contribution in [3.05, 3.63) is 24.3 Å². The van der Waals surface area contributed by atoms with Crippen LogP contribution in [0.1, 0.15) is 41.0 Å². The molecule has 1 nitrogen and oxygen atoms in total. The van der Waals surface area contributed by atoms with Crippen molar-refractivity contribution in [2.24, 2.45) is 11.8 Å². The second kappa shape index (κ2) is 8.58. The Morgan fingerprint density at radius 2 is 1.62 bits per heavy atom. The first-order valence-corrected chi connectivity index (χ1v) is 6.52. The van der Waals surface area contributed by atoms with E-state index in [0.29, 0.717) is 0 Å². The molecule has 0 N–H and O–H groups in total. The normalized spacial score (nSPS) is 12.9. The Morgan fingerprint density at radius 3 is 1.94 bits per heavy atom. The van der Waals surface area contributed by atoms with Crippen molar-refractivity contribution in [2.45, 2.75) is 41.0 Å². The smallest absolute Gasteiger partial charge is 0.0196 e. The number of hydrogen-bond donors (Lipinski definition) is 0. The standard InChI is InChI=1S/C15H29N/c1-7-9-15(8-2)12-16(10-13(3)4)11-14(5)6/h7,9,13-14H,1,8,10-12H2,2-6H3/b15-9+. The summed E-state index contributed by atoms with van der Waals surface area (Å²) >= 11 is 0. The molecule has 0 spiro atoms. The lowest BCUT2D eigenvalue weighted by Gasteiger charge is -2.27. The fourth-order valence-corrected chi connectivity index (χ4v) is 1.97. The molecule has 16 heavy (non-hydrogen) atoms. The fourth-order valence-electron chi connectivity index (χ4n) is 1.97. The Labute approximate surface area is 102 Å². The van der Waals surface area contributed by atoms with Crippen molar-refractivity contribution in [1.29, 1.82) is 0 Å². The molecule has 0 aromatic rings. The third kappa shape index (κ3) is 7.70. The molecule has 0 aliphatic carbocycles. The monoisotopic (exact) mass is 223 g/mol. The van der Waals surface area contributed by atoms with Crippen LogP contribution in [-0.2, 0) is 0 Å². The molecule has 0 unspecified atom stereocenters. The predicted octanol–water partition coefficient (Wildman–Crippen LogP) is 4.12. The van der Waals surface area contributed by atoms with Crippen molar-refractivity contribution >= 4 is 0 Å². The van der Waals surface area contributed by atoms with E-state index >= 15 is 0 Å². The highest BCUT2D eigenvalue weighted by Crippen LogP contribution is 2.09. The second-order valence-corrected chi connectivity index (χ2v) is 5.40. The van der Waals surface area contributed by atoms with Crippen LogP contribution in [0.15, 0.2) is 24.3 Å². The van der Waals surface area contributed by atoms with E-state index < -0.39 is 0 Å². The van der Waals surface area contributed by atoms with Crippen molar-refractivity contribution in [1.82, 2.24) is 4.90 Å². The molecule has 0 amide bonds. The maximum atomic E-state index is 3.78. The highest BCUT2D eigenvalue weighted by molar-refractivity contribution is 5.11. The number of hydrogen-bond acceptors (Lipinski definition) is 1. The molecule has 0 rings (SSSR count). The molecule has 1 heteroatoms. The van der Waals surface area contributed by atoms with Crippen LogP contribution < -0.4 is 0 Å². The molecule has 0 heterocycles. The van der Waals surface area contributed by atoms with E-state index in [0.717, 1.165) is 24.8 Å².